The molecular formula is C35H36F3N5O6. The maximum absolute atomic E-state index is 13.1. The fourth-order valence-electron chi connectivity index (χ4n) is 6.21. The maximum atomic E-state index is 13.1. The van der Waals surface area contributed by atoms with Crippen molar-refractivity contribution in [3.05, 3.63) is 88.6 Å². The molecule has 0 bridgehead atoms. The number of halogens is 3. The Bertz CT molecular complexity index is 1840. The summed E-state index contributed by atoms with van der Waals surface area (Å²) >= 11 is 0. The number of fused-ring (bicyclic) bond motifs is 1. The molecule has 1 aliphatic carbocycles. The molecule has 2 heterocycles. The highest BCUT2D eigenvalue weighted by Gasteiger charge is 2.47. The lowest BCUT2D eigenvalue weighted by Gasteiger charge is -2.31. The number of carbonyl (C=O) groups is 2. The van der Waals surface area contributed by atoms with Crippen LogP contribution in [0.15, 0.2) is 59.1 Å². The molecule has 3 aromatic carbocycles. The molecule has 0 spiro atoms. The molecule has 2 unspecified atom stereocenters. The molecule has 2 atom stereocenters. The van der Waals surface area contributed by atoms with Crippen LogP contribution in [0.1, 0.15) is 46.3 Å². The van der Waals surface area contributed by atoms with E-state index in [2.05, 4.69) is 25.5 Å². The zero-order chi connectivity index (χ0) is 34.7. The molecule has 1 aromatic heterocycles. The molecule has 4 aromatic rings. The van der Waals surface area contributed by atoms with Crippen LogP contribution in [0.5, 0.6) is 17.2 Å². The van der Waals surface area contributed by atoms with Gasteiger partial charge in [-0.1, -0.05) is 29.4 Å². The maximum Gasteiger partial charge on any atom is 0.573 e. The predicted molar refractivity (Wildman–Crippen MR) is 171 cm³/mol. The van der Waals surface area contributed by atoms with Gasteiger partial charge in [0.05, 0.1) is 32.6 Å². The van der Waals surface area contributed by atoms with Gasteiger partial charge in [-0.2, -0.15) is 4.98 Å². The summed E-state index contributed by atoms with van der Waals surface area (Å²) in [5, 5.41) is 9.80. The van der Waals surface area contributed by atoms with Crippen molar-refractivity contribution in [3.63, 3.8) is 0 Å². The summed E-state index contributed by atoms with van der Waals surface area (Å²) in [5.74, 6) is 1.21. The summed E-state index contributed by atoms with van der Waals surface area (Å²) in [7, 11) is 3.12. The summed E-state index contributed by atoms with van der Waals surface area (Å²) in [6.07, 6.45) is -3.66. The van der Waals surface area contributed by atoms with Crippen molar-refractivity contribution in [2.75, 3.05) is 27.3 Å². The SMILES string of the molecule is COc1ccc(CNC(=O)CN2CCc3c(-c4cccc(OC(F)(F)F)c4)ccc(CNC(=O)C4CC4c4nc(C)no4)c3C2)c(OC)c1. The number of aromatic nitrogens is 2. The molecule has 14 heteroatoms. The van der Waals surface area contributed by atoms with E-state index in [1.54, 1.807) is 39.3 Å². The number of ether oxygens (including phenoxy) is 3. The average molecular weight is 680 g/mol. The van der Waals surface area contributed by atoms with Gasteiger partial charge < -0.3 is 29.4 Å². The van der Waals surface area contributed by atoms with Crippen LogP contribution < -0.4 is 24.8 Å². The van der Waals surface area contributed by atoms with E-state index in [1.807, 2.05) is 23.1 Å². The van der Waals surface area contributed by atoms with Gasteiger partial charge in [0.25, 0.3) is 0 Å². The number of aryl methyl sites for hydroxylation is 1. The smallest absolute Gasteiger partial charge is 0.497 e. The molecule has 49 heavy (non-hydrogen) atoms. The Kier molecular flexibility index (Phi) is 9.77. The number of hydrogen-bond acceptors (Lipinski definition) is 9. The van der Waals surface area contributed by atoms with Crippen LogP contribution in [0.25, 0.3) is 11.1 Å². The van der Waals surface area contributed by atoms with Crippen LogP contribution in [0, 0.1) is 12.8 Å². The van der Waals surface area contributed by atoms with Crippen molar-refractivity contribution in [1.29, 1.82) is 0 Å². The number of rotatable bonds is 12. The molecule has 2 N–H and O–H groups in total. The second kappa shape index (κ2) is 14.2. The van der Waals surface area contributed by atoms with Gasteiger partial charge in [-0.3, -0.25) is 14.5 Å². The average Bonchev–Trinajstić information content (AvgIpc) is 3.77. The Labute approximate surface area is 280 Å². The molecule has 0 radical (unpaired) electrons. The summed E-state index contributed by atoms with van der Waals surface area (Å²) < 4.78 is 59.1. The second-order valence-corrected chi connectivity index (χ2v) is 12.1. The van der Waals surface area contributed by atoms with Crippen molar-refractivity contribution >= 4 is 11.8 Å². The largest absolute Gasteiger partial charge is 0.573 e. The predicted octanol–water partition coefficient (Wildman–Crippen LogP) is 5.06. The summed E-state index contributed by atoms with van der Waals surface area (Å²) in [6, 6.07) is 15.0. The summed E-state index contributed by atoms with van der Waals surface area (Å²) in [4.78, 5) is 32.4. The van der Waals surface area contributed by atoms with Gasteiger partial charge in [0.15, 0.2) is 5.82 Å². The van der Waals surface area contributed by atoms with Gasteiger partial charge in [-0.15, -0.1) is 13.2 Å². The monoisotopic (exact) mass is 679 g/mol. The van der Waals surface area contributed by atoms with Gasteiger partial charge in [0.2, 0.25) is 17.7 Å². The van der Waals surface area contributed by atoms with Crippen molar-refractivity contribution in [2.45, 2.75) is 51.7 Å². The van der Waals surface area contributed by atoms with E-state index >= 15 is 0 Å². The van der Waals surface area contributed by atoms with Gasteiger partial charge in [0, 0.05) is 37.8 Å². The van der Waals surface area contributed by atoms with E-state index in [-0.39, 0.29) is 49.0 Å². The third-order valence-corrected chi connectivity index (χ3v) is 8.74. The highest BCUT2D eigenvalue weighted by Crippen LogP contribution is 2.47. The standard InChI is InChI=1S/C35H36F3N5O6/c1-20-41-34(49-42-20)29-15-28(29)33(45)40-16-22-8-10-26(21-5-4-6-25(13-21)48-35(36,37)38)27-11-12-43(18-30(22)27)19-32(44)39-17-23-7-9-24(46-2)14-31(23)47-3/h4-10,13-14,28-29H,11-12,15-19H2,1-3H3,(H,39,44)(H,40,45). The second-order valence-electron chi connectivity index (χ2n) is 12.1. The van der Waals surface area contributed by atoms with E-state index < -0.39 is 6.36 Å². The quantitative estimate of drug-likeness (QED) is 0.211. The highest BCUT2D eigenvalue weighted by molar-refractivity contribution is 5.82. The van der Waals surface area contributed by atoms with Crippen LogP contribution in [-0.2, 0) is 35.6 Å². The minimum atomic E-state index is -4.82. The third kappa shape index (κ3) is 8.13. The number of hydrogen-bond donors (Lipinski definition) is 2. The lowest BCUT2D eigenvalue weighted by Crippen LogP contribution is -2.40. The highest BCUT2D eigenvalue weighted by atomic mass is 19.4. The van der Waals surface area contributed by atoms with Gasteiger partial charge >= 0.3 is 6.36 Å². The first-order valence-electron chi connectivity index (χ1n) is 15.8. The fourth-order valence-corrected chi connectivity index (χ4v) is 6.21. The van der Waals surface area contributed by atoms with Crippen LogP contribution >= 0.6 is 0 Å². The summed E-state index contributed by atoms with van der Waals surface area (Å²) in [6.45, 7) is 3.29. The van der Waals surface area contributed by atoms with Gasteiger partial charge in [-0.05, 0) is 71.8 Å². The number of alkyl halides is 3. The zero-order valence-electron chi connectivity index (χ0n) is 27.2. The van der Waals surface area contributed by atoms with E-state index in [4.69, 9.17) is 14.0 Å². The number of nitrogens with zero attached hydrogens (tertiary/aromatic N) is 3. The van der Waals surface area contributed by atoms with Crippen molar-refractivity contribution in [1.82, 2.24) is 25.7 Å². The first kappa shape index (κ1) is 33.8. The van der Waals surface area contributed by atoms with E-state index in [1.165, 1.54) is 18.2 Å². The Morgan fingerprint density at radius 1 is 0.980 bits per heavy atom. The zero-order valence-corrected chi connectivity index (χ0v) is 27.2. The number of amides is 2. The molecule has 6 rings (SSSR count). The van der Waals surface area contributed by atoms with Crippen molar-refractivity contribution < 1.29 is 41.5 Å². The molecule has 2 amide bonds. The number of carbonyl (C=O) groups excluding carboxylic acids is 2. The first-order chi connectivity index (χ1) is 23.5. The van der Waals surface area contributed by atoms with Gasteiger partial charge in [-0.25, -0.2) is 0 Å². The lowest BCUT2D eigenvalue weighted by molar-refractivity contribution is -0.274. The van der Waals surface area contributed by atoms with E-state index in [0.717, 1.165) is 27.8 Å². The fraction of sp³-hybridized carbons (Fsp3) is 0.371. The molecular weight excluding hydrogens is 643 g/mol. The Balaban J connectivity index is 1.18. The molecule has 2 aliphatic rings. The minimum Gasteiger partial charge on any atom is -0.497 e. The molecule has 11 nitrogen and oxygen atoms in total. The van der Waals surface area contributed by atoms with Gasteiger partial charge in [0.1, 0.15) is 17.2 Å². The molecule has 1 fully saturated rings. The summed E-state index contributed by atoms with van der Waals surface area (Å²) in [5.41, 5.74) is 4.85. The topological polar surface area (TPSA) is 128 Å². The molecule has 0 saturated heterocycles. The van der Waals surface area contributed by atoms with Crippen LogP contribution in [-0.4, -0.2) is 60.5 Å². The third-order valence-electron chi connectivity index (χ3n) is 8.74. The van der Waals surface area contributed by atoms with Crippen molar-refractivity contribution in [3.8, 4) is 28.4 Å². The number of benzene rings is 3. The van der Waals surface area contributed by atoms with E-state index in [9.17, 15) is 22.8 Å². The number of nitrogens with one attached hydrogen (secondary N) is 2. The van der Waals surface area contributed by atoms with Crippen molar-refractivity contribution in [2.24, 2.45) is 5.92 Å². The van der Waals surface area contributed by atoms with E-state index in [0.29, 0.717) is 54.7 Å². The van der Waals surface area contributed by atoms with Crippen LogP contribution in [0.3, 0.4) is 0 Å². The molecule has 1 saturated carbocycles. The number of methoxy groups -OCH3 is 2. The normalized spacial score (nSPS) is 17.2. The van der Waals surface area contributed by atoms with Crippen LogP contribution in [0.2, 0.25) is 0 Å². The minimum absolute atomic E-state index is 0.115. The Morgan fingerprint density at radius 2 is 1.78 bits per heavy atom. The molecule has 258 valence electrons. The molecule has 1 aliphatic heterocycles. The Hall–Kier alpha value is -5.11. The van der Waals surface area contributed by atoms with Crippen LogP contribution in [0.4, 0.5) is 13.2 Å². The Morgan fingerprint density at radius 3 is 2.51 bits per heavy atom. The lowest BCUT2D eigenvalue weighted by atomic mass is 9.87. The first-order valence-corrected chi connectivity index (χ1v) is 15.8.